The number of rotatable bonds is 3. The number of morpholine rings is 1. The fourth-order valence-electron chi connectivity index (χ4n) is 2.74. The molecule has 128 valence electrons. The molecule has 1 aromatic carbocycles. The molecule has 4 rings (SSSR count). The minimum Gasteiger partial charge on any atom is -0.402 e. The average Bonchev–Trinajstić information content (AvgIpc) is 3.24. The van der Waals surface area contributed by atoms with E-state index in [-0.39, 0.29) is 0 Å². The van der Waals surface area contributed by atoms with Crippen LogP contribution >= 0.6 is 11.3 Å². The Morgan fingerprint density at radius 2 is 1.88 bits per heavy atom. The third kappa shape index (κ3) is 3.50. The first-order valence-electron chi connectivity index (χ1n) is 8.21. The predicted molar refractivity (Wildman–Crippen MR) is 99.1 cm³/mol. The number of aryl methyl sites for hydroxylation is 1. The number of esters is 1. The van der Waals surface area contributed by atoms with Gasteiger partial charge in [0.1, 0.15) is 0 Å². The minimum absolute atomic E-state index is 0.339. The van der Waals surface area contributed by atoms with E-state index in [1.807, 2.05) is 37.3 Å². The number of thiophene rings is 1. The summed E-state index contributed by atoms with van der Waals surface area (Å²) >= 11 is 1.64. The lowest BCUT2D eigenvalue weighted by molar-refractivity contribution is -0.129. The molecule has 0 unspecified atom stereocenters. The molecule has 0 radical (unpaired) electrons. The molecule has 1 saturated heterocycles. The van der Waals surface area contributed by atoms with Gasteiger partial charge in [-0.15, -0.1) is 11.3 Å². The van der Waals surface area contributed by atoms with Crippen molar-refractivity contribution in [2.45, 2.75) is 6.92 Å². The maximum atomic E-state index is 12.1. The van der Waals surface area contributed by atoms with Gasteiger partial charge in [0.05, 0.1) is 18.2 Å². The first-order valence-corrected chi connectivity index (χ1v) is 9.03. The number of carbonyl (C=O) groups is 1. The van der Waals surface area contributed by atoms with Crippen LogP contribution in [-0.4, -0.2) is 38.2 Å². The topological polar surface area (TPSA) is 51.1 Å². The van der Waals surface area contributed by atoms with Crippen molar-refractivity contribution in [3.63, 3.8) is 0 Å². The molecule has 3 heterocycles. The summed E-state index contributed by atoms with van der Waals surface area (Å²) in [5, 5.41) is 1.18. The van der Waals surface area contributed by atoms with Crippen LogP contribution in [0.5, 0.6) is 0 Å². The molecule has 2 aliphatic rings. The molecule has 1 aromatic heterocycles. The summed E-state index contributed by atoms with van der Waals surface area (Å²) in [4.78, 5) is 19.8. The standard InChI is InChI=1S/C19H18N2O3S/c1-13-2-4-14(5-3-13)18-20-16(19(22)24-18)12-15-6-7-17(25-15)21-8-10-23-11-9-21/h2-7,12H,8-11H2,1H3. The maximum Gasteiger partial charge on any atom is 0.363 e. The van der Waals surface area contributed by atoms with Crippen molar-refractivity contribution in [1.29, 1.82) is 0 Å². The van der Waals surface area contributed by atoms with Gasteiger partial charge in [-0.25, -0.2) is 9.79 Å². The Hall–Kier alpha value is -2.44. The van der Waals surface area contributed by atoms with Crippen LogP contribution in [-0.2, 0) is 14.3 Å². The second kappa shape index (κ2) is 6.82. The summed E-state index contributed by atoms with van der Waals surface area (Å²) in [6.45, 7) is 5.32. The van der Waals surface area contributed by atoms with Gasteiger partial charge in [0, 0.05) is 23.5 Å². The highest BCUT2D eigenvalue weighted by molar-refractivity contribution is 7.16. The molecule has 0 aliphatic carbocycles. The normalized spacial score (nSPS) is 19.2. The SMILES string of the molecule is Cc1ccc(C2=NC(=Cc3ccc(N4CCOCC4)s3)C(=O)O2)cc1. The molecule has 0 spiro atoms. The average molecular weight is 354 g/mol. The predicted octanol–water partition coefficient (Wildman–Crippen LogP) is 3.24. The molecule has 1 fully saturated rings. The summed E-state index contributed by atoms with van der Waals surface area (Å²) in [5.74, 6) is -0.0434. The second-order valence-corrected chi connectivity index (χ2v) is 7.07. The van der Waals surface area contributed by atoms with E-state index in [2.05, 4.69) is 16.0 Å². The number of benzene rings is 1. The lowest BCUT2D eigenvalue weighted by Crippen LogP contribution is -2.35. The Morgan fingerprint density at radius 1 is 1.12 bits per heavy atom. The molecule has 2 aromatic rings. The van der Waals surface area contributed by atoms with E-state index in [9.17, 15) is 4.79 Å². The Labute approximate surface area is 150 Å². The smallest absolute Gasteiger partial charge is 0.363 e. The van der Waals surface area contributed by atoms with Crippen LogP contribution in [0.4, 0.5) is 5.00 Å². The van der Waals surface area contributed by atoms with Crippen LogP contribution in [0.3, 0.4) is 0 Å². The molecule has 0 saturated carbocycles. The number of nitrogens with zero attached hydrogens (tertiary/aromatic N) is 2. The maximum absolute atomic E-state index is 12.1. The van der Waals surface area contributed by atoms with E-state index in [0.29, 0.717) is 11.6 Å². The van der Waals surface area contributed by atoms with Gasteiger partial charge in [-0.1, -0.05) is 17.7 Å². The van der Waals surface area contributed by atoms with E-state index < -0.39 is 5.97 Å². The van der Waals surface area contributed by atoms with E-state index >= 15 is 0 Å². The van der Waals surface area contributed by atoms with Crippen molar-refractivity contribution in [3.8, 4) is 0 Å². The zero-order chi connectivity index (χ0) is 17.2. The quantitative estimate of drug-likeness (QED) is 0.627. The van der Waals surface area contributed by atoms with Crippen molar-refractivity contribution in [2.75, 3.05) is 31.2 Å². The van der Waals surface area contributed by atoms with Gasteiger partial charge in [0.25, 0.3) is 0 Å². The van der Waals surface area contributed by atoms with Gasteiger partial charge in [-0.05, 0) is 37.3 Å². The van der Waals surface area contributed by atoms with Crippen molar-refractivity contribution in [2.24, 2.45) is 4.99 Å². The van der Waals surface area contributed by atoms with Gasteiger partial charge in [-0.2, -0.15) is 0 Å². The highest BCUT2D eigenvalue weighted by Crippen LogP contribution is 2.29. The molecule has 0 amide bonds. The molecule has 25 heavy (non-hydrogen) atoms. The van der Waals surface area contributed by atoms with Crippen LogP contribution in [0.2, 0.25) is 0 Å². The number of hydrogen-bond donors (Lipinski definition) is 0. The van der Waals surface area contributed by atoms with Gasteiger partial charge < -0.3 is 14.4 Å². The zero-order valence-electron chi connectivity index (χ0n) is 13.9. The molecular weight excluding hydrogens is 336 g/mol. The lowest BCUT2D eigenvalue weighted by atomic mass is 10.1. The van der Waals surface area contributed by atoms with Gasteiger partial charge in [-0.3, -0.25) is 0 Å². The van der Waals surface area contributed by atoms with E-state index in [0.717, 1.165) is 42.3 Å². The summed E-state index contributed by atoms with van der Waals surface area (Å²) in [6.07, 6.45) is 1.79. The van der Waals surface area contributed by atoms with Crippen LogP contribution in [0, 0.1) is 6.92 Å². The Bertz CT molecular complexity index is 846. The molecule has 2 aliphatic heterocycles. The van der Waals surface area contributed by atoms with E-state index in [4.69, 9.17) is 9.47 Å². The van der Waals surface area contributed by atoms with E-state index in [1.54, 1.807) is 17.4 Å². The van der Waals surface area contributed by atoms with Crippen molar-refractivity contribution in [3.05, 3.63) is 58.1 Å². The minimum atomic E-state index is -0.406. The number of hydrogen-bond acceptors (Lipinski definition) is 6. The number of carbonyl (C=O) groups excluding carboxylic acids is 1. The highest BCUT2D eigenvalue weighted by atomic mass is 32.1. The number of cyclic esters (lactones) is 1. The Morgan fingerprint density at radius 3 is 2.64 bits per heavy atom. The van der Waals surface area contributed by atoms with Gasteiger partial charge in [0.15, 0.2) is 5.70 Å². The van der Waals surface area contributed by atoms with Gasteiger partial charge in [0.2, 0.25) is 5.90 Å². The molecule has 0 bridgehead atoms. The summed E-state index contributed by atoms with van der Waals surface area (Å²) in [5.41, 5.74) is 2.30. The number of aliphatic imine (C=N–C) groups is 1. The zero-order valence-corrected chi connectivity index (χ0v) is 14.7. The third-order valence-electron chi connectivity index (χ3n) is 4.13. The summed E-state index contributed by atoms with van der Waals surface area (Å²) in [6, 6.07) is 11.9. The molecule has 6 heteroatoms. The fraction of sp³-hybridized carbons (Fsp3) is 0.263. The third-order valence-corrected chi connectivity index (χ3v) is 5.23. The van der Waals surface area contributed by atoms with Crippen molar-refractivity contribution >= 4 is 34.3 Å². The summed E-state index contributed by atoms with van der Waals surface area (Å²) < 4.78 is 10.7. The number of anilines is 1. The van der Waals surface area contributed by atoms with Gasteiger partial charge >= 0.3 is 5.97 Å². The second-order valence-electron chi connectivity index (χ2n) is 5.98. The monoisotopic (exact) mass is 354 g/mol. The molecule has 5 nitrogen and oxygen atoms in total. The Kier molecular flexibility index (Phi) is 4.38. The first kappa shape index (κ1) is 16.1. The van der Waals surface area contributed by atoms with Crippen molar-refractivity contribution < 1.29 is 14.3 Å². The molecule has 0 atom stereocenters. The van der Waals surface area contributed by atoms with Crippen LogP contribution < -0.4 is 4.90 Å². The van der Waals surface area contributed by atoms with Crippen LogP contribution in [0.25, 0.3) is 6.08 Å². The van der Waals surface area contributed by atoms with E-state index in [1.165, 1.54) is 5.00 Å². The largest absolute Gasteiger partial charge is 0.402 e. The first-order chi connectivity index (χ1) is 12.2. The lowest BCUT2D eigenvalue weighted by Gasteiger charge is -2.27. The fourth-order valence-corrected chi connectivity index (χ4v) is 3.73. The van der Waals surface area contributed by atoms with Crippen molar-refractivity contribution in [1.82, 2.24) is 0 Å². The highest BCUT2D eigenvalue weighted by Gasteiger charge is 2.24. The van der Waals surface area contributed by atoms with Crippen LogP contribution in [0.1, 0.15) is 16.0 Å². The Balaban J connectivity index is 1.55. The molecule has 0 N–H and O–H groups in total. The molecular formula is C19H18N2O3S. The summed E-state index contributed by atoms with van der Waals surface area (Å²) in [7, 11) is 0. The van der Waals surface area contributed by atoms with Crippen LogP contribution in [0.15, 0.2) is 47.1 Å². The number of ether oxygens (including phenoxy) is 2.